The first kappa shape index (κ1) is 18.5. The van der Waals surface area contributed by atoms with Gasteiger partial charge < -0.3 is 10.3 Å². The maximum atomic E-state index is 12.7. The Labute approximate surface area is 168 Å². The second-order valence-electron chi connectivity index (χ2n) is 6.92. The number of rotatable bonds is 7. The summed E-state index contributed by atoms with van der Waals surface area (Å²) in [4.78, 5) is 18.6. The molecule has 1 aliphatic heterocycles. The molecule has 3 heterocycles. The van der Waals surface area contributed by atoms with Gasteiger partial charge in [0.05, 0.1) is 6.04 Å². The van der Waals surface area contributed by atoms with Crippen LogP contribution >= 0.6 is 23.1 Å². The van der Waals surface area contributed by atoms with Gasteiger partial charge in [-0.05, 0) is 60.2 Å². The maximum absolute atomic E-state index is 12.7. The number of thioether (sulfide) groups is 1. The fraction of sp³-hybridized carbons (Fsp3) is 0.318. The Hall–Kier alpha value is -1.82. The third kappa shape index (κ3) is 4.21. The van der Waals surface area contributed by atoms with Crippen LogP contribution < -0.4 is 5.32 Å². The second-order valence-corrected chi connectivity index (χ2v) is 8.74. The highest BCUT2D eigenvalue weighted by Crippen LogP contribution is 2.28. The van der Waals surface area contributed by atoms with Gasteiger partial charge in [-0.2, -0.15) is 0 Å². The van der Waals surface area contributed by atoms with Gasteiger partial charge in [-0.15, -0.1) is 23.1 Å². The van der Waals surface area contributed by atoms with Crippen LogP contribution in [0.5, 0.6) is 0 Å². The van der Waals surface area contributed by atoms with Crippen LogP contribution in [-0.4, -0.2) is 29.6 Å². The molecule has 3 aromatic rings. The highest BCUT2D eigenvalue weighted by atomic mass is 32.2. The van der Waals surface area contributed by atoms with Gasteiger partial charge in [0.25, 0.3) is 0 Å². The smallest absolute Gasteiger partial charge is 0.150 e. The van der Waals surface area contributed by atoms with Gasteiger partial charge in [-0.3, -0.25) is 4.79 Å². The molecule has 0 bridgehead atoms. The third-order valence-corrected chi connectivity index (χ3v) is 6.88. The standard InChI is InChI=1S/C22H24N2OS2/c1-26-17-7-8-18-16(14-24-19(18)13-17)4-2-5-21(25)20-12-15(9-10-23-20)22-6-3-11-27-22/h3,6-9,11,13-14,20,23-24H,2,4-5,10,12H2,1H3. The van der Waals surface area contributed by atoms with Crippen molar-refractivity contribution in [1.82, 2.24) is 10.3 Å². The normalized spacial score (nSPS) is 17.2. The van der Waals surface area contributed by atoms with Gasteiger partial charge in [0.15, 0.2) is 0 Å². The Morgan fingerprint density at radius 2 is 2.26 bits per heavy atom. The van der Waals surface area contributed by atoms with Crippen LogP contribution in [0.25, 0.3) is 16.5 Å². The number of aromatic amines is 1. The molecule has 2 N–H and O–H groups in total. The Balaban J connectivity index is 1.33. The number of nitrogens with one attached hydrogen (secondary N) is 2. The molecule has 4 rings (SSSR count). The maximum Gasteiger partial charge on any atom is 0.150 e. The molecule has 5 heteroatoms. The molecule has 0 spiro atoms. The van der Waals surface area contributed by atoms with E-state index in [0.29, 0.717) is 12.2 Å². The Morgan fingerprint density at radius 3 is 3.07 bits per heavy atom. The molecular weight excluding hydrogens is 372 g/mol. The van der Waals surface area contributed by atoms with E-state index >= 15 is 0 Å². The molecule has 1 aromatic carbocycles. The Kier molecular flexibility index (Phi) is 5.81. The Morgan fingerprint density at radius 1 is 1.33 bits per heavy atom. The molecule has 1 aliphatic rings. The number of ketones is 1. The third-order valence-electron chi connectivity index (χ3n) is 5.21. The zero-order chi connectivity index (χ0) is 18.6. The van der Waals surface area contributed by atoms with Crippen molar-refractivity contribution in [3.8, 4) is 0 Å². The molecular formula is C22H24N2OS2. The zero-order valence-electron chi connectivity index (χ0n) is 15.5. The van der Waals surface area contributed by atoms with E-state index in [4.69, 9.17) is 0 Å². The molecule has 2 aromatic heterocycles. The second kappa shape index (κ2) is 8.46. The molecule has 0 fully saturated rings. The minimum absolute atomic E-state index is 0.0424. The molecule has 1 unspecified atom stereocenters. The summed E-state index contributed by atoms with van der Waals surface area (Å²) in [5.74, 6) is 0.335. The van der Waals surface area contributed by atoms with E-state index in [0.717, 1.165) is 25.8 Å². The lowest BCUT2D eigenvalue weighted by Gasteiger charge is -2.22. The van der Waals surface area contributed by atoms with Crippen LogP contribution in [0.1, 0.15) is 29.7 Å². The number of Topliss-reactive ketones (excluding diaryl/α,β-unsaturated/α-hetero) is 1. The summed E-state index contributed by atoms with van der Waals surface area (Å²) in [7, 11) is 0. The molecule has 1 atom stereocenters. The van der Waals surface area contributed by atoms with E-state index in [-0.39, 0.29) is 6.04 Å². The number of carbonyl (C=O) groups excluding carboxylic acids is 1. The molecule has 0 aliphatic carbocycles. The number of hydrogen-bond acceptors (Lipinski definition) is 4. The van der Waals surface area contributed by atoms with Crippen molar-refractivity contribution < 1.29 is 4.79 Å². The number of carbonyl (C=O) groups is 1. The number of fused-ring (bicyclic) bond motifs is 1. The summed E-state index contributed by atoms with van der Waals surface area (Å²) in [6.07, 6.45) is 9.67. The van der Waals surface area contributed by atoms with Crippen LogP contribution in [0.3, 0.4) is 0 Å². The highest BCUT2D eigenvalue weighted by molar-refractivity contribution is 7.98. The van der Waals surface area contributed by atoms with Crippen LogP contribution in [0.2, 0.25) is 0 Å². The number of aryl methyl sites for hydroxylation is 1. The minimum Gasteiger partial charge on any atom is -0.361 e. The molecule has 0 saturated carbocycles. The summed E-state index contributed by atoms with van der Waals surface area (Å²) in [5.41, 5.74) is 3.80. The fourth-order valence-corrected chi connectivity index (χ4v) is 4.94. The van der Waals surface area contributed by atoms with Crippen molar-refractivity contribution in [2.45, 2.75) is 36.6 Å². The van der Waals surface area contributed by atoms with Gasteiger partial charge >= 0.3 is 0 Å². The number of H-pyrrole nitrogens is 1. The summed E-state index contributed by atoms with van der Waals surface area (Å²) in [6.45, 7) is 0.782. The van der Waals surface area contributed by atoms with Gasteiger partial charge in [0.1, 0.15) is 5.78 Å². The first-order chi connectivity index (χ1) is 13.2. The molecule has 0 saturated heterocycles. The first-order valence-electron chi connectivity index (χ1n) is 9.37. The van der Waals surface area contributed by atoms with Gasteiger partial charge in [0, 0.05) is 39.8 Å². The Bertz CT molecular complexity index is 956. The molecule has 0 amide bonds. The summed E-state index contributed by atoms with van der Waals surface area (Å²) in [6, 6.07) is 10.7. The van der Waals surface area contributed by atoms with E-state index in [1.54, 1.807) is 23.1 Å². The average Bonchev–Trinajstić information content (AvgIpc) is 3.38. The van der Waals surface area contributed by atoms with Gasteiger partial charge in [0.2, 0.25) is 0 Å². The van der Waals surface area contributed by atoms with E-state index in [2.05, 4.69) is 64.5 Å². The van der Waals surface area contributed by atoms with E-state index < -0.39 is 0 Å². The van der Waals surface area contributed by atoms with E-state index in [9.17, 15) is 4.79 Å². The van der Waals surface area contributed by atoms with Gasteiger partial charge in [-0.25, -0.2) is 0 Å². The molecule has 140 valence electrons. The van der Waals surface area contributed by atoms with Crippen molar-refractivity contribution >= 4 is 45.4 Å². The topological polar surface area (TPSA) is 44.9 Å². The van der Waals surface area contributed by atoms with Crippen LogP contribution in [0.15, 0.2) is 52.9 Å². The van der Waals surface area contributed by atoms with Crippen molar-refractivity contribution in [2.75, 3.05) is 12.8 Å². The predicted octanol–water partition coefficient (Wildman–Crippen LogP) is 5.29. The van der Waals surface area contributed by atoms with Crippen molar-refractivity contribution in [3.63, 3.8) is 0 Å². The molecule has 0 radical (unpaired) electrons. The van der Waals surface area contributed by atoms with Crippen LogP contribution in [0, 0.1) is 0 Å². The number of thiophene rings is 1. The lowest BCUT2D eigenvalue weighted by Crippen LogP contribution is -2.39. The highest BCUT2D eigenvalue weighted by Gasteiger charge is 2.22. The minimum atomic E-state index is -0.0424. The van der Waals surface area contributed by atoms with Gasteiger partial charge in [-0.1, -0.05) is 18.2 Å². The average molecular weight is 397 g/mol. The number of aromatic nitrogens is 1. The van der Waals surface area contributed by atoms with E-state index in [1.165, 1.54) is 31.8 Å². The van der Waals surface area contributed by atoms with Crippen molar-refractivity contribution in [1.29, 1.82) is 0 Å². The zero-order valence-corrected chi connectivity index (χ0v) is 17.1. The summed E-state index contributed by atoms with van der Waals surface area (Å²) in [5, 5.41) is 6.74. The van der Waals surface area contributed by atoms with Crippen LogP contribution in [0.4, 0.5) is 0 Å². The lowest BCUT2D eigenvalue weighted by molar-refractivity contribution is -0.121. The fourth-order valence-electron chi connectivity index (χ4n) is 3.72. The first-order valence-corrected chi connectivity index (χ1v) is 11.5. The lowest BCUT2D eigenvalue weighted by atomic mass is 9.94. The summed E-state index contributed by atoms with van der Waals surface area (Å²) >= 11 is 3.50. The number of benzene rings is 1. The predicted molar refractivity (Wildman–Crippen MR) is 117 cm³/mol. The van der Waals surface area contributed by atoms with E-state index in [1.807, 2.05) is 0 Å². The largest absolute Gasteiger partial charge is 0.361 e. The monoisotopic (exact) mass is 396 g/mol. The van der Waals surface area contributed by atoms with Crippen molar-refractivity contribution in [3.05, 3.63) is 58.4 Å². The number of hydrogen-bond donors (Lipinski definition) is 2. The summed E-state index contributed by atoms with van der Waals surface area (Å²) < 4.78 is 0. The van der Waals surface area contributed by atoms with Crippen LogP contribution in [-0.2, 0) is 11.2 Å². The molecule has 27 heavy (non-hydrogen) atoms. The van der Waals surface area contributed by atoms with Crippen molar-refractivity contribution in [2.24, 2.45) is 0 Å². The SMILES string of the molecule is CSc1ccc2c(CCCC(=O)C3CC(c4cccs4)=CCN3)c[nH]c2c1. The quantitative estimate of drug-likeness (QED) is 0.534. The molecule has 3 nitrogen and oxygen atoms in total.